The fraction of sp³-hybridized carbons (Fsp3) is 0.143. The summed E-state index contributed by atoms with van der Waals surface area (Å²) in [6.45, 7) is 0. The van der Waals surface area contributed by atoms with Crippen LogP contribution in [0.5, 0.6) is 11.8 Å². The Morgan fingerprint density at radius 2 is 1.78 bits per heavy atom. The van der Waals surface area contributed by atoms with E-state index in [4.69, 9.17) is 33.3 Å². The van der Waals surface area contributed by atoms with Crippen molar-refractivity contribution >= 4 is 46.4 Å². The molecule has 1 amide bonds. The summed E-state index contributed by atoms with van der Waals surface area (Å²) in [6, 6.07) is 8.31. The van der Waals surface area contributed by atoms with E-state index in [0.29, 0.717) is 10.7 Å². The standard InChI is InChI=1S/C14H13ClN4O3S/c1-21-10-7-11(22-2)18-14(17-10)19-12(20)13(23)16-9-5-3-4-8(15)6-9/h3-7H,1-2H3,(H,16,23)(H,17,18,19,20). The minimum absolute atomic E-state index is 0.0152. The molecule has 2 aromatic rings. The van der Waals surface area contributed by atoms with E-state index in [-0.39, 0.29) is 22.7 Å². The van der Waals surface area contributed by atoms with Crippen LogP contribution in [0.3, 0.4) is 0 Å². The predicted molar refractivity (Wildman–Crippen MR) is 91.4 cm³/mol. The summed E-state index contributed by atoms with van der Waals surface area (Å²) in [6.07, 6.45) is 0. The molecule has 120 valence electrons. The Morgan fingerprint density at radius 1 is 1.13 bits per heavy atom. The van der Waals surface area contributed by atoms with Gasteiger partial charge in [0, 0.05) is 10.7 Å². The highest BCUT2D eigenvalue weighted by Crippen LogP contribution is 2.18. The zero-order valence-corrected chi connectivity index (χ0v) is 13.9. The van der Waals surface area contributed by atoms with Crippen molar-refractivity contribution in [2.45, 2.75) is 0 Å². The van der Waals surface area contributed by atoms with Gasteiger partial charge in [-0.1, -0.05) is 29.9 Å². The Labute approximate surface area is 143 Å². The highest BCUT2D eigenvalue weighted by molar-refractivity contribution is 7.82. The Morgan fingerprint density at radius 3 is 2.35 bits per heavy atom. The average Bonchev–Trinajstić information content (AvgIpc) is 2.54. The Hall–Kier alpha value is -2.45. The summed E-state index contributed by atoms with van der Waals surface area (Å²) < 4.78 is 10.0. The van der Waals surface area contributed by atoms with Crippen LogP contribution in [0.2, 0.25) is 5.02 Å². The first-order chi connectivity index (χ1) is 11.0. The number of rotatable bonds is 4. The molecule has 0 spiro atoms. The van der Waals surface area contributed by atoms with Crippen molar-refractivity contribution in [1.82, 2.24) is 9.97 Å². The molecule has 1 heterocycles. The third kappa shape index (κ3) is 4.76. The number of ether oxygens (including phenoxy) is 2. The molecule has 1 aromatic heterocycles. The molecule has 2 N–H and O–H groups in total. The van der Waals surface area contributed by atoms with Gasteiger partial charge < -0.3 is 14.8 Å². The van der Waals surface area contributed by atoms with Crippen LogP contribution < -0.4 is 20.1 Å². The predicted octanol–water partition coefficient (Wildman–Crippen LogP) is 2.53. The molecule has 23 heavy (non-hydrogen) atoms. The van der Waals surface area contributed by atoms with Crippen LogP contribution in [-0.2, 0) is 4.79 Å². The number of nitrogens with one attached hydrogen (secondary N) is 2. The van der Waals surface area contributed by atoms with Gasteiger partial charge in [-0.3, -0.25) is 10.1 Å². The van der Waals surface area contributed by atoms with E-state index in [2.05, 4.69) is 20.6 Å². The quantitative estimate of drug-likeness (QED) is 0.818. The van der Waals surface area contributed by atoms with Crippen molar-refractivity contribution in [2.24, 2.45) is 0 Å². The molecular weight excluding hydrogens is 340 g/mol. The second-order valence-electron chi connectivity index (χ2n) is 4.19. The summed E-state index contributed by atoms with van der Waals surface area (Å²) >= 11 is 10.9. The fourth-order valence-corrected chi connectivity index (χ4v) is 1.94. The molecule has 0 saturated heterocycles. The molecule has 0 unspecified atom stereocenters. The van der Waals surface area contributed by atoms with Crippen molar-refractivity contribution in [3.05, 3.63) is 35.4 Å². The SMILES string of the molecule is COc1cc(OC)nc(NC(=O)C(=S)Nc2cccc(Cl)c2)n1. The summed E-state index contributed by atoms with van der Waals surface area (Å²) in [5.41, 5.74) is 0.599. The lowest BCUT2D eigenvalue weighted by Gasteiger charge is -2.09. The Kier molecular flexibility index (Phi) is 5.67. The number of hydrogen-bond acceptors (Lipinski definition) is 6. The first kappa shape index (κ1) is 16.9. The van der Waals surface area contributed by atoms with Gasteiger partial charge in [-0.05, 0) is 18.2 Å². The molecule has 0 aliphatic heterocycles. The number of aromatic nitrogens is 2. The van der Waals surface area contributed by atoms with Gasteiger partial charge >= 0.3 is 0 Å². The summed E-state index contributed by atoms with van der Waals surface area (Å²) in [7, 11) is 2.89. The number of hydrogen-bond donors (Lipinski definition) is 2. The van der Waals surface area contributed by atoms with Crippen molar-refractivity contribution in [3.8, 4) is 11.8 Å². The summed E-state index contributed by atoms with van der Waals surface area (Å²) in [5.74, 6) is -0.0570. The number of methoxy groups -OCH3 is 2. The van der Waals surface area contributed by atoms with Gasteiger partial charge in [-0.2, -0.15) is 9.97 Å². The third-order valence-electron chi connectivity index (χ3n) is 2.61. The van der Waals surface area contributed by atoms with Gasteiger partial charge in [-0.25, -0.2) is 0 Å². The average molecular weight is 353 g/mol. The van der Waals surface area contributed by atoms with E-state index >= 15 is 0 Å². The molecule has 0 aliphatic rings. The highest BCUT2D eigenvalue weighted by atomic mass is 35.5. The van der Waals surface area contributed by atoms with Crippen LogP contribution in [-0.4, -0.2) is 35.1 Å². The van der Waals surface area contributed by atoms with Crippen molar-refractivity contribution in [2.75, 3.05) is 24.9 Å². The molecule has 7 nitrogen and oxygen atoms in total. The van der Waals surface area contributed by atoms with E-state index in [9.17, 15) is 4.79 Å². The van der Waals surface area contributed by atoms with E-state index in [1.54, 1.807) is 24.3 Å². The topological polar surface area (TPSA) is 85.4 Å². The second kappa shape index (κ2) is 7.70. The van der Waals surface area contributed by atoms with Crippen molar-refractivity contribution in [1.29, 1.82) is 0 Å². The number of halogens is 1. The number of amides is 1. The van der Waals surface area contributed by atoms with Gasteiger partial charge in [0.15, 0.2) is 4.99 Å². The lowest BCUT2D eigenvalue weighted by molar-refractivity contribution is -0.110. The maximum absolute atomic E-state index is 12.1. The molecule has 0 atom stereocenters. The third-order valence-corrected chi connectivity index (χ3v) is 3.13. The van der Waals surface area contributed by atoms with E-state index in [1.807, 2.05) is 0 Å². The van der Waals surface area contributed by atoms with E-state index in [1.165, 1.54) is 20.3 Å². The van der Waals surface area contributed by atoms with Gasteiger partial charge in [0.2, 0.25) is 17.7 Å². The monoisotopic (exact) mass is 352 g/mol. The van der Waals surface area contributed by atoms with Crippen LogP contribution in [0, 0.1) is 0 Å². The van der Waals surface area contributed by atoms with Crippen LogP contribution in [0.25, 0.3) is 0 Å². The van der Waals surface area contributed by atoms with Crippen molar-refractivity contribution in [3.63, 3.8) is 0 Å². The molecule has 1 aromatic carbocycles. The Balaban J connectivity index is 2.07. The molecule has 0 fully saturated rings. The maximum atomic E-state index is 12.1. The maximum Gasteiger partial charge on any atom is 0.285 e. The summed E-state index contributed by atoms with van der Waals surface area (Å²) in [5, 5.41) is 5.77. The number of anilines is 2. The number of benzene rings is 1. The molecular formula is C14H13ClN4O3S. The lowest BCUT2D eigenvalue weighted by atomic mass is 10.3. The normalized spacial score (nSPS) is 9.87. The van der Waals surface area contributed by atoms with Crippen LogP contribution in [0.15, 0.2) is 30.3 Å². The minimum atomic E-state index is -0.574. The minimum Gasteiger partial charge on any atom is -0.481 e. The number of carbonyl (C=O) groups excluding carboxylic acids is 1. The van der Waals surface area contributed by atoms with Crippen LogP contribution >= 0.6 is 23.8 Å². The highest BCUT2D eigenvalue weighted by Gasteiger charge is 2.13. The van der Waals surface area contributed by atoms with Gasteiger partial charge in [0.25, 0.3) is 5.91 Å². The van der Waals surface area contributed by atoms with Crippen LogP contribution in [0.4, 0.5) is 11.6 Å². The second-order valence-corrected chi connectivity index (χ2v) is 5.04. The zero-order chi connectivity index (χ0) is 16.8. The molecule has 2 rings (SSSR count). The van der Waals surface area contributed by atoms with E-state index in [0.717, 1.165) is 0 Å². The largest absolute Gasteiger partial charge is 0.481 e. The van der Waals surface area contributed by atoms with Crippen molar-refractivity contribution < 1.29 is 14.3 Å². The van der Waals surface area contributed by atoms with E-state index < -0.39 is 5.91 Å². The zero-order valence-electron chi connectivity index (χ0n) is 12.3. The first-order valence-corrected chi connectivity index (χ1v) is 7.15. The lowest BCUT2D eigenvalue weighted by Crippen LogP contribution is -2.28. The fourth-order valence-electron chi connectivity index (χ4n) is 1.58. The summed E-state index contributed by atoms with van der Waals surface area (Å²) in [4.78, 5) is 20.0. The number of carbonyl (C=O) groups is 1. The number of nitrogens with zero attached hydrogens (tertiary/aromatic N) is 2. The van der Waals surface area contributed by atoms with Crippen LogP contribution in [0.1, 0.15) is 0 Å². The first-order valence-electron chi connectivity index (χ1n) is 6.37. The van der Waals surface area contributed by atoms with Gasteiger partial charge in [0.05, 0.1) is 20.3 Å². The molecule has 0 radical (unpaired) electrons. The molecule has 0 saturated carbocycles. The molecule has 0 aliphatic carbocycles. The van der Waals surface area contributed by atoms with Gasteiger partial charge in [0.1, 0.15) is 0 Å². The van der Waals surface area contributed by atoms with Gasteiger partial charge in [-0.15, -0.1) is 0 Å². The Bertz CT molecular complexity index is 719. The smallest absolute Gasteiger partial charge is 0.285 e. The molecule has 0 bridgehead atoms. The molecule has 9 heteroatoms. The number of thiocarbonyl (C=S) groups is 1.